The van der Waals surface area contributed by atoms with E-state index in [1.807, 2.05) is 0 Å². The van der Waals surface area contributed by atoms with Crippen molar-refractivity contribution in [1.29, 1.82) is 0 Å². The van der Waals surface area contributed by atoms with Crippen LogP contribution in [0.2, 0.25) is 5.15 Å². The molecule has 1 amide bonds. The molecule has 0 bridgehead atoms. The van der Waals surface area contributed by atoms with Crippen molar-refractivity contribution < 1.29 is 9.90 Å². The molecule has 1 aliphatic carbocycles. The van der Waals surface area contributed by atoms with Crippen LogP contribution in [0.15, 0.2) is 18.3 Å². The SMILES string of the molecule is O=C(NC1CCCCC1O)c1c[nH]c2ccc(Cl)nc12. The number of hydrogen-bond donors (Lipinski definition) is 3. The second-order valence-electron chi connectivity index (χ2n) is 5.16. The van der Waals surface area contributed by atoms with Gasteiger partial charge in [0.05, 0.1) is 23.2 Å². The average molecular weight is 294 g/mol. The summed E-state index contributed by atoms with van der Waals surface area (Å²) in [6, 6.07) is 3.28. The quantitative estimate of drug-likeness (QED) is 0.743. The number of amides is 1. The molecule has 20 heavy (non-hydrogen) atoms. The molecule has 0 aromatic carbocycles. The maximum atomic E-state index is 12.3. The number of carbonyl (C=O) groups is 1. The highest BCUT2D eigenvalue weighted by molar-refractivity contribution is 6.29. The summed E-state index contributed by atoms with van der Waals surface area (Å²) < 4.78 is 0. The minimum atomic E-state index is -0.463. The molecule has 1 saturated carbocycles. The third kappa shape index (κ3) is 2.51. The Morgan fingerprint density at radius 1 is 1.40 bits per heavy atom. The van der Waals surface area contributed by atoms with Gasteiger partial charge in [-0.2, -0.15) is 0 Å². The zero-order valence-electron chi connectivity index (χ0n) is 10.9. The summed E-state index contributed by atoms with van der Waals surface area (Å²) in [7, 11) is 0. The lowest BCUT2D eigenvalue weighted by Crippen LogP contribution is -2.45. The second-order valence-corrected chi connectivity index (χ2v) is 5.55. The fourth-order valence-electron chi connectivity index (χ4n) is 2.67. The van der Waals surface area contributed by atoms with Gasteiger partial charge in [0.15, 0.2) is 0 Å². The van der Waals surface area contributed by atoms with Gasteiger partial charge in [-0.3, -0.25) is 4.79 Å². The molecule has 0 spiro atoms. The summed E-state index contributed by atoms with van der Waals surface area (Å²) >= 11 is 5.87. The van der Waals surface area contributed by atoms with E-state index in [9.17, 15) is 9.90 Å². The van der Waals surface area contributed by atoms with Gasteiger partial charge in [0.2, 0.25) is 0 Å². The normalized spacial score (nSPS) is 22.9. The zero-order valence-corrected chi connectivity index (χ0v) is 11.7. The van der Waals surface area contributed by atoms with Crippen molar-refractivity contribution in [3.8, 4) is 0 Å². The molecule has 0 saturated heterocycles. The Kier molecular flexibility index (Phi) is 3.63. The fraction of sp³-hybridized carbons (Fsp3) is 0.429. The Bertz CT molecular complexity index is 640. The summed E-state index contributed by atoms with van der Waals surface area (Å²) in [5.74, 6) is -0.225. The van der Waals surface area contributed by atoms with Crippen molar-refractivity contribution in [3.05, 3.63) is 29.0 Å². The number of H-pyrrole nitrogens is 1. The lowest BCUT2D eigenvalue weighted by Gasteiger charge is -2.28. The molecule has 0 aliphatic heterocycles. The van der Waals surface area contributed by atoms with Gasteiger partial charge >= 0.3 is 0 Å². The van der Waals surface area contributed by atoms with Gasteiger partial charge in [-0.05, 0) is 25.0 Å². The molecule has 2 aromatic heterocycles. The molecule has 106 valence electrons. The Morgan fingerprint density at radius 3 is 3.00 bits per heavy atom. The van der Waals surface area contributed by atoms with Crippen molar-refractivity contribution in [2.45, 2.75) is 37.8 Å². The molecule has 2 heterocycles. The Labute approximate surface area is 121 Å². The summed E-state index contributed by atoms with van der Waals surface area (Å²) in [6.07, 6.45) is 4.75. The maximum Gasteiger partial charge on any atom is 0.255 e. The number of pyridine rings is 1. The predicted molar refractivity (Wildman–Crippen MR) is 76.8 cm³/mol. The van der Waals surface area contributed by atoms with Gasteiger partial charge in [0.25, 0.3) is 5.91 Å². The highest BCUT2D eigenvalue weighted by Crippen LogP contribution is 2.21. The first kappa shape index (κ1) is 13.4. The van der Waals surface area contributed by atoms with E-state index >= 15 is 0 Å². The van der Waals surface area contributed by atoms with E-state index < -0.39 is 6.10 Å². The summed E-state index contributed by atoms with van der Waals surface area (Å²) in [5, 5.41) is 13.2. The summed E-state index contributed by atoms with van der Waals surface area (Å²) in [6.45, 7) is 0. The van der Waals surface area contributed by atoms with Crippen LogP contribution in [0.1, 0.15) is 36.0 Å². The standard InChI is InChI=1S/C14H16ClN3O2/c15-12-6-5-10-13(18-12)8(7-16-10)14(20)17-9-3-1-2-4-11(9)19/h5-7,9,11,16,19H,1-4H2,(H,17,20). The van der Waals surface area contributed by atoms with E-state index in [1.54, 1.807) is 18.3 Å². The van der Waals surface area contributed by atoms with Gasteiger partial charge < -0.3 is 15.4 Å². The average Bonchev–Trinajstić information content (AvgIpc) is 2.84. The molecule has 2 unspecified atom stereocenters. The second kappa shape index (κ2) is 5.42. The Hall–Kier alpha value is -1.59. The highest BCUT2D eigenvalue weighted by atomic mass is 35.5. The predicted octanol–water partition coefficient (Wildman–Crippen LogP) is 2.25. The van der Waals surface area contributed by atoms with Crippen molar-refractivity contribution in [1.82, 2.24) is 15.3 Å². The van der Waals surface area contributed by atoms with Gasteiger partial charge in [0, 0.05) is 6.20 Å². The van der Waals surface area contributed by atoms with Crippen LogP contribution in [-0.2, 0) is 0 Å². The van der Waals surface area contributed by atoms with Crippen molar-refractivity contribution in [3.63, 3.8) is 0 Å². The lowest BCUT2D eigenvalue weighted by molar-refractivity contribution is 0.0718. The minimum Gasteiger partial charge on any atom is -0.391 e. The van der Waals surface area contributed by atoms with Crippen molar-refractivity contribution in [2.75, 3.05) is 0 Å². The first-order valence-electron chi connectivity index (χ1n) is 6.78. The molecule has 6 heteroatoms. The van der Waals surface area contributed by atoms with Crippen molar-refractivity contribution >= 4 is 28.5 Å². The van der Waals surface area contributed by atoms with E-state index in [2.05, 4.69) is 15.3 Å². The van der Waals surface area contributed by atoms with Gasteiger partial charge in [-0.25, -0.2) is 4.98 Å². The monoisotopic (exact) mass is 293 g/mol. The summed E-state index contributed by atoms with van der Waals surface area (Å²) in [4.78, 5) is 19.5. The minimum absolute atomic E-state index is 0.180. The number of nitrogens with one attached hydrogen (secondary N) is 2. The van der Waals surface area contributed by atoms with Gasteiger partial charge in [-0.1, -0.05) is 24.4 Å². The number of carbonyl (C=O) groups excluding carboxylic acids is 1. The largest absolute Gasteiger partial charge is 0.391 e. The van der Waals surface area contributed by atoms with E-state index in [4.69, 9.17) is 11.6 Å². The van der Waals surface area contributed by atoms with Crippen LogP contribution in [-0.4, -0.2) is 33.1 Å². The third-order valence-electron chi connectivity index (χ3n) is 3.78. The number of halogens is 1. The van der Waals surface area contributed by atoms with E-state index in [-0.39, 0.29) is 11.9 Å². The van der Waals surface area contributed by atoms with Crippen LogP contribution in [0.25, 0.3) is 11.0 Å². The molecular formula is C14H16ClN3O2. The maximum absolute atomic E-state index is 12.3. The zero-order chi connectivity index (χ0) is 14.1. The van der Waals surface area contributed by atoms with Crippen LogP contribution in [0.4, 0.5) is 0 Å². The molecule has 1 aliphatic rings. The van der Waals surface area contributed by atoms with Crippen molar-refractivity contribution in [2.24, 2.45) is 0 Å². The van der Waals surface area contributed by atoms with E-state index in [0.29, 0.717) is 16.2 Å². The smallest absolute Gasteiger partial charge is 0.255 e. The summed E-state index contributed by atoms with van der Waals surface area (Å²) in [5.41, 5.74) is 1.78. The van der Waals surface area contributed by atoms with Gasteiger partial charge in [-0.15, -0.1) is 0 Å². The number of aromatic amines is 1. The molecule has 1 fully saturated rings. The van der Waals surface area contributed by atoms with Crippen LogP contribution in [0.5, 0.6) is 0 Å². The number of fused-ring (bicyclic) bond motifs is 1. The topological polar surface area (TPSA) is 78.0 Å². The number of aliphatic hydroxyl groups excluding tert-OH is 1. The first-order valence-corrected chi connectivity index (χ1v) is 7.15. The lowest BCUT2D eigenvalue weighted by atomic mass is 9.92. The van der Waals surface area contributed by atoms with E-state index in [0.717, 1.165) is 31.2 Å². The fourth-order valence-corrected chi connectivity index (χ4v) is 2.82. The van der Waals surface area contributed by atoms with Crippen LogP contribution < -0.4 is 5.32 Å². The number of rotatable bonds is 2. The number of aliphatic hydroxyl groups is 1. The molecule has 5 nitrogen and oxygen atoms in total. The molecule has 3 N–H and O–H groups in total. The number of hydrogen-bond acceptors (Lipinski definition) is 3. The van der Waals surface area contributed by atoms with E-state index in [1.165, 1.54) is 0 Å². The van der Waals surface area contributed by atoms with Crippen LogP contribution >= 0.6 is 11.6 Å². The Morgan fingerprint density at radius 2 is 2.20 bits per heavy atom. The third-order valence-corrected chi connectivity index (χ3v) is 3.99. The number of nitrogens with zero attached hydrogens (tertiary/aromatic N) is 1. The number of aromatic nitrogens is 2. The van der Waals surface area contributed by atoms with Gasteiger partial charge in [0.1, 0.15) is 10.7 Å². The molecule has 3 rings (SSSR count). The molecular weight excluding hydrogens is 278 g/mol. The van der Waals surface area contributed by atoms with Crippen LogP contribution in [0, 0.1) is 0 Å². The molecule has 2 aromatic rings. The van der Waals surface area contributed by atoms with Crippen LogP contribution in [0.3, 0.4) is 0 Å². The molecule has 0 radical (unpaired) electrons. The Balaban J connectivity index is 1.83. The highest BCUT2D eigenvalue weighted by Gasteiger charge is 2.25. The first-order chi connectivity index (χ1) is 9.65. The molecule has 2 atom stereocenters.